The highest BCUT2D eigenvalue weighted by Crippen LogP contribution is 2.04. The molecular formula is C13H17N. The molecule has 0 bridgehead atoms. The molecule has 1 nitrogen and oxygen atoms in total. The van der Waals surface area contributed by atoms with Gasteiger partial charge in [-0.05, 0) is 32.4 Å². The fourth-order valence-corrected chi connectivity index (χ4v) is 1.27. The largest absolute Gasteiger partial charge is 0.285 e. The summed E-state index contributed by atoms with van der Waals surface area (Å²) < 4.78 is 0. The summed E-state index contributed by atoms with van der Waals surface area (Å²) in [5, 5.41) is 0. The van der Waals surface area contributed by atoms with Crippen molar-refractivity contribution < 1.29 is 0 Å². The van der Waals surface area contributed by atoms with Crippen LogP contribution in [0.15, 0.2) is 47.0 Å². The summed E-state index contributed by atoms with van der Waals surface area (Å²) in [5.41, 5.74) is 3.55. The smallest absolute Gasteiger partial charge is 0.0645 e. The summed E-state index contributed by atoms with van der Waals surface area (Å²) in [5.74, 6) is 0. The molecule has 0 atom stereocenters. The second kappa shape index (κ2) is 5.38. The van der Waals surface area contributed by atoms with Crippen molar-refractivity contribution in [2.75, 3.05) is 6.54 Å². The molecule has 0 amide bonds. The van der Waals surface area contributed by atoms with Gasteiger partial charge in [-0.25, -0.2) is 0 Å². The van der Waals surface area contributed by atoms with Gasteiger partial charge < -0.3 is 0 Å². The Morgan fingerprint density at radius 3 is 2.36 bits per heavy atom. The van der Waals surface area contributed by atoms with E-state index < -0.39 is 0 Å². The Hall–Kier alpha value is -1.37. The quantitative estimate of drug-likeness (QED) is 0.642. The van der Waals surface area contributed by atoms with E-state index >= 15 is 0 Å². The van der Waals surface area contributed by atoms with Crippen molar-refractivity contribution in [2.24, 2.45) is 4.99 Å². The third-order valence-electron chi connectivity index (χ3n) is 1.82. The molecule has 0 aliphatic rings. The highest BCUT2D eigenvalue weighted by molar-refractivity contribution is 6.08. The van der Waals surface area contributed by atoms with E-state index in [9.17, 15) is 0 Å². The van der Waals surface area contributed by atoms with Crippen molar-refractivity contribution in [1.29, 1.82) is 0 Å². The van der Waals surface area contributed by atoms with Gasteiger partial charge in [0.05, 0.1) is 5.71 Å². The van der Waals surface area contributed by atoms with E-state index in [0.29, 0.717) is 0 Å². The first-order valence-corrected chi connectivity index (χ1v) is 4.98. The summed E-state index contributed by atoms with van der Waals surface area (Å²) in [4.78, 5) is 4.47. The molecule has 74 valence electrons. The first-order chi connectivity index (χ1) is 6.74. The minimum Gasteiger partial charge on any atom is -0.285 e. The Balaban J connectivity index is 3.02. The molecule has 0 radical (unpaired) electrons. The van der Waals surface area contributed by atoms with Gasteiger partial charge in [-0.1, -0.05) is 35.9 Å². The molecule has 0 aromatic heterocycles. The molecular weight excluding hydrogens is 170 g/mol. The maximum absolute atomic E-state index is 4.47. The van der Waals surface area contributed by atoms with Crippen LogP contribution in [0.25, 0.3) is 0 Å². The van der Waals surface area contributed by atoms with Gasteiger partial charge in [0, 0.05) is 6.54 Å². The van der Waals surface area contributed by atoms with Crippen LogP contribution in [0.1, 0.15) is 26.3 Å². The van der Waals surface area contributed by atoms with Gasteiger partial charge in [0.1, 0.15) is 0 Å². The van der Waals surface area contributed by atoms with Crippen molar-refractivity contribution in [3.05, 3.63) is 47.5 Å². The lowest BCUT2D eigenvalue weighted by atomic mass is 10.1. The van der Waals surface area contributed by atoms with Crippen molar-refractivity contribution in [1.82, 2.24) is 0 Å². The predicted octanol–water partition coefficient (Wildman–Crippen LogP) is 3.46. The van der Waals surface area contributed by atoms with Crippen LogP contribution in [-0.2, 0) is 0 Å². The van der Waals surface area contributed by atoms with E-state index in [4.69, 9.17) is 0 Å². The van der Waals surface area contributed by atoms with Crippen LogP contribution < -0.4 is 0 Å². The Morgan fingerprint density at radius 2 is 1.86 bits per heavy atom. The normalized spacial score (nSPS) is 11.2. The third-order valence-corrected chi connectivity index (χ3v) is 1.82. The van der Waals surface area contributed by atoms with Crippen LogP contribution in [0, 0.1) is 0 Å². The number of rotatable bonds is 3. The second-order valence-corrected chi connectivity index (χ2v) is 3.45. The van der Waals surface area contributed by atoms with E-state index in [1.807, 2.05) is 18.2 Å². The van der Waals surface area contributed by atoms with Crippen LogP contribution in [0.5, 0.6) is 0 Å². The van der Waals surface area contributed by atoms with Crippen LogP contribution in [0.4, 0.5) is 0 Å². The molecule has 14 heavy (non-hydrogen) atoms. The maximum atomic E-state index is 4.47. The van der Waals surface area contributed by atoms with Gasteiger partial charge in [0.15, 0.2) is 0 Å². The van der Waals surface area contributed by atoms with Gasteiger partial charge in [-0.2, -0.15) is 0 Å². The zero-order valence-corrected chi connectivity index (χ0v) is 9.12. The lowest BCUT2D eigenvalue weighted by Gasteiger charge is -2.01. The molecule has 0 heterocycles. The minimum atomic E-state index is 0.827. The van der Waals surface area contributed by atoms with Gasteiger partial charge in [-0.3, -0.25) is 4.99 Å². The number of benzene rings is 1. The van der Waals surface area contributed by atoms with E-state index in [2.05, 4.69) is 44.0 Å². The lowest BCUT2D eigenvalue weighted by Crippen LogP contribution is -1.98. The average Bonchev–Trinajstić information content (AvgIpc) is 2.18. The summed E-state index contributed by atoms with van der Waals surface area (Å²) >= 11 is 0. The Morgan fingerprint density at radius 1 is 1.21 bits per heavy atom. The van der Waals surface area contributed by atoms with Crippen LogP contribution in [-0.4, -0.2) is 12.3 Å². The zero-order valence-electron chi connectivity index (χ0n) is 9.12. The molecule has 1 aromatic rings. The molecule has 0 unspecified atom stereocenters. The first kappa shape index (κ1) is 10.7. The zero-order chi connectivity index (χ0) is 10.4. The van der Waals surface area contributed by atoms with Crippen LogP contribution in [0.3, 0.4) is 0 Å². The number of hydrogen-bond donors (Lipinski definition) is 0. The Labute approximate surface area is 86.2 Å². The molecule has 0 aliphatic carbocycles. The second-order valence-electron chi connectivity index (χ2n) is 3.45. The molecule has 1 rings (SSSR count). The summed E-state index contributed by atoms with van der Waals surface area (Å²) in [6.45, 7) is 7.07. The van der Waals surface area contributed by atoms with Crippen LogP contribution >= 0.6 is 0 Å². The lowest BCUT2D eigenvalue weighted by molar-refractivity contribution is 1.13. The molecule has 0 aliphatic heterocycles. The van der Waals surface area contributed by atoms with E-state index in [0.717, 1.165) is 12.3 Å². The van der Waals surface area contributed by atoms with E-state index in [-0.39, 0.29) is 0 Å². The third kappa shape index (κ3) is 3.17. The molecule has 0 saturated heterocycles. The van der Waals surface area contributed by atoms with E-state index in [1.54, 1.807) is 0 Å². The van der Waals surface area contributed by atoms with Crippen LogP contribution in [0.2, 0.25) is 0 Å². The number of hydrogen-bond acceptors (Lipinski definition) is 1. The predicted molar refractivity (Wildman–Crippen MR) is 63.0 cm³/mol. The molecule has 1 aromatic carbocycles. The monoisotopic (exact) mass is 187 g/mol. The summed E-state index contributed by atoms with van der Waals surface area (Å²) in [6, 6.07) is 10.3. The average molecular weight is 187 g/mol. The van der Waals surface area contributed by atoms with Crippen molar-refractivity contribution >= 4 is 5.71 Å². The standard InChI is InChI=1S/C13H17N/c1-4-14-13(10-11(2)3)12-8-6-5-7-9-12/h5-10H,4H2,1-3H3. The molecule has 0 fully saturated rings. The SMILES string of the molecule is CCN=C(C=C(C)C)c1ccccc1. The summed E-state index contributed by atoms with van der Waals surface area (Å²) in [6.07, 6.45) is 2.12. The Kier molecular flexibility index (Phi) is 4.11. The number of nitrogens with zero attached hydrogens (tertiary/aromatic N) is 1. The number of aliphatic imine (C=N–C) groups is 1. The molecule has 0 N–H and O–H groups in total. The maximum Gasteiger partial charge on any atom is 0.0645 e. The van der Waals surface area contributed by atoms with Gasteiger partial charge in [-0.15, -0.1) is 0 Å². The fraction of sp³-hybridized carbons (Fsp3) is 0.308. The molecule has 0 spiro atoms. The minimum absolute atomic E-state index is 0.827. The summed E-state index contributed by atoms with van der Waals surface area (Å²) in [7, 11) is 0. The number of allylic oxidation sites excluding steroid dienone is 2. The van der Waals surface area contributed by atoms with E-state index in [1.165, 1.54) is 11.1 Å². The first-order valence-electron chi connectivity index (χ1n) is 4.98. The highest BCUT2D eigenvalue weighted by Gasteiger charge is 1.97. The topological polar surface area (TPSA) is 12.4 Å². The Bertz CT molecular complexity index is 330. The van der Waals surface area contributed by atoms with Crippen molar-refractivity contribution in [2.45, 2.75) is 20.8 Å². The van der Waals surface area contributed by atoms with Gasteiger partial charge >= 0.3 is 0 Å². The van der Waals surface area contributed by atoms with Gasteiger partial charge in [0.2, 0.25) is 0 Å². The van der Waals surface area contributed by atoms with Crippen molar-refractivity contribution in [3.8, 4) is 0 Å². The van der Waals surface area contributed by atoms with Crippen molar-refractivity contribution in [3.63, 3.8) is 0 Å². The molecule has 0 saturated carbocycles. The molecule has 1 heteroatoms. The fourth-order valence-electron chi connectivity index (χ4n) is 1.27. The highest BCUT2D eigenvalue weighted by atomic mass is 14.7. The van der Waals surface area contributed by atoms with Gasteiger partial charge in [0.25, 0.3) is 0 Å².